The molecule has 3 rings (SSSR count). The Morgan fingerprint density at radius 3 is 2.65 bits per heavy atom. The Kier molecular flexibility index (Phi) is 4.76. The van der Waals surface area contributed by atoms with Crippen molar-refractivity contribution in [1.82, 2.24) is 14.9 Å². The number of ether oxygens (including phenoxy) is 2. The molecule has 1 fully saturated rings. The van der Waals surface area contributed by atoms with Crippen molar-refractivity contribution in [2.24, 2.45) is 0 Å². The van der Waals surface area contributed by atoms with Gasteiger partial charge in [0.05, 0.1) is 19.2 Å². The number of hydrogen-bond donors (Lipinski definition) is 0. The van der Waals surface area contributed by atoms with Crippen molar-refractivity contribution in [2.45, 2.75) is 12.5 Å². The Balaban J connectivity index is 1.60. The van der Waals surface area contributed by atoms with Crippen molar-refractivity contribution in [3.05, 3.63) is 46.7 Å². The summed E-state index contributed by atoms with van der Waals surface area (Å²) in [7, 11) is 1.54. The Bertz CT molecular complexity index is 676. The highest BCUT2D eigenvalue weighted by molar-refractivity contribution is 9.10. The smallest absolute Gasteiger partial charge is 0.255 e. The molecule has 1 aliphatic rings. The van der Waals surface area contributed by atoms with Crippen molar-refractivity contribution in [1.29, 1.82) is 0 Å². The number of hydrogen-bond acceptors (Lipinski definition) is 5. The first-order valence-electron chi connectivity index (χ1n) is 7.23. The van der Waals surface area contributed by atoms with Gasteiger partial charge in [-0.05, 0) is 28.1 Å². The molecule has 120 valence electrons. The zero-order chi connectivity index (χ0) is 16.2. The van der Waals surface area contributed by atoms with E-state index in [0.29, 0.717) is 30.4 Å². The summed E-state index contributed by atoms with van der Waals surface area (Å²) in [5, 5.41) is 0. The second-order valence-electron chi connectivity index (χ2n) is 5.18. The van der Waals surface area contributed by atoms with Crippen LogP contribution in [-0.4, -0.2) is 47.1 Å². The maximum absolute atomic E-state index is 12.5. The fourth-order valence-electron chi connectivity index (χ4n) is 2.42. The van der Waals surface area contributed by atoms with Crippen LogP contribution in [0.5, 0.6) is 11.8 Å². The van der Waals surface area contributed by atoms with Gasteiger partial charge in [-0.3, -0.25) is 4.79 Å². The van der Waals surface area contributed by atoms with E-state index in [9.17, 15) is 4.79 Å². The van der Waals surface area contributed by atoms with E-state index in [2.05, 4.69) is 25.9 Å². The van der Waals surface area contributed by atoms with Crippen molar-refractivity contribution in [3.63, 3.8) is 0 Å². The fraction of sp³-hybridized carbons (Fsp3) is 0.312. The van der Waals surface area contributed by atoms with Gasteiger partial charge in [0.2, 0.25) is 11.8 Å². The van der Waals surface area contributed by atoms with E-state index >= 15 is 0 Å². The van der Waals surface area contributed by atoms with Crippen LogP contribution in [0.2, 0.25) is 0 Å². The number of rotatable bonds is 4. The first-order chi connectivity index (χ1) is 11.2. The zero-order valence-corrected chi connectivity index (χ0v) is 14.2. The van der Waals surface area contributed by atoms with Gasteiger partial charge in [-0.15, -0.1) is 0 Å². The van der Waals surface area contributed by atoms with E-state index in [4.69, 9.17) is 9.47 Å². The SMILES string of the molecule is COc1ccc(C(=O)N2CCC(Oc3ccc(Br)cn3)C2)cn1. The summed E-state index contributed by atoms with van der Waals surface area (Å²) in [4.78, 5) is 22.5. The minimum absolute atomic E-state index is 0.0427. The number of aromatic nitrogens is 2. The summed E-state index contributed by atoms with van der Waals surface area (Å²) in [5.41, 5.74) is 0.549. The van der Waals surface area contributed by atoms with Crippen LogP contribution in [0.15, 0.2) is 41.1 Å². The highest BCUT2D eigenvalue weighted by Crippen LogP contribution is 2.20. The van der Waals surface area contributed by atoms with Crippen LogP contribution < -0.4 is 9.47 Å². The van der Waals surface area contributed by atoms with Gasteiger partial charge in [0.1, 0.15) is 6.10 Å². The number of likely N-dealkylation sites (tertiary alicyclic amines) is 1. The van der Waals surface area contributed by atoms with E-state index in [0.717, 1.165) is 10.9 Å². The molecule has 1 unspecified atom stereocenters. The predicted octanol–water partition coefficient (Wildman–Crippen LogP) is 2.54. The lowest BCUT2D eigenvalue weighted by molar-refractivity contribution is 0.0770. The number of pyridine rings is 2. The molecule has 1 aliphatic heterocycles. The fourth-order valence-corrected chi connectivity index (χ4v) is 2.66. The minimum atomic E-state index is -0.0463. The molecule has 1 amide bonds. The van der Waals surface area contributed by atoms with Crippen molar-refractivity contribution in [2.75, 3.05) is 20.2 Å². The van der Waals surface area contributed by atoms with Crippen LogP contribution in [0.1, 0.15) is 16.8 Å². The second-order valence-corrected chi connectivity index (χ2v) is 6.10. The molecule has 7 heteroatoms. The molecule has 0 radical (unpaired) electrons. The maximum atomic E-state index is 12.5. The highest BCUT2D eigenvalue weighted by atomic mass is 79.9. The summed E-state index contributed by atoms with van der Waals surface area (Å²) in [6, 6.07) is 7.09. The lowest BCUT2D eigenvalue weighted by atomic mass is 10.2. The lowest BCUT2D eigenvalue weighted by Gasteiger charge is -2.17. The summed E-state index contributed by atoms with van der Waals surface area (Å²) in [6.07, 6.45) is 3.97. The lowest BCUT2D eigenvalue weighted by Crippen LogP contribution is -2.31. The standard InChI is InChI=1S/C16H16BrN3O3/c1-22-14-4-2-11(8-18-14)16(21)20-7-6-13(10-20)23-15-5-3-12(17)9-19-15/h2-5,8-9,13H,6-7,10H2,1H3. The summed E-state index contributed by atoms with van der Waals surface area (Å²) in [6.45, 7) is 1.20. The zero-order valence-electron chi connectivity index (χ0n) is 12.6. The van der Waals surface area contributed by atoms with E-state index in [1.807, 2.05) is 12.1 Å². The highest BCUT2D eigenvalue weighted by Gasteiger charge is 2.28. The molecule has 2 aromatic heterocycles. The molecule has 0 aliphatic carbocycles. The summed E-state index contributed by atoms with van der Waals surface area (Å²) < 4.78 is 11.7. The monoisotopic (exact) mass is 377 g/mol. The van der Waals surface area contributed by atoms with Crippen molar-refractivity contribution in [3.8, 4) is 11.8 Å². The van der Waals surface area contributed by atoms with Crippen LogP contribution in [0.3, 0.4) is 0 Å². The average molecular weight is 378 g/mol. The van der Waals surface area contributed by atoms with E-state index in [-0.39, 0.29) is 12.0 Å². The third kappa shape index (κ3) is 3.79. The minimum Gasteiger partial charge on any atom is -0.481 e. The van der Waals surface area contributed by atoms with Gasteiger partial charge < -0.3 is 14.4 Å². The largest absolute Gasteiger partial charge is 0.481 e. The van der Waals surface area contributed by atoms with Gasteiger partial charge in [-0.25, -0.2) is 9.97 Å². The Labute approximate surface area is 142 Å². The topological polar surface area (TPSA) is 64.5 Å². The molecule has 1 saturated heterocycles. The van der Waals surface area contributed by atoms with Crippen LogP contribution in [0, 0.1) is 0 Å². The molecule has 6 nitrogen and oxygen atoms in total. The molecule has 0 aromatic carbocycles. The number of nitrogens with zero attached hydrogens (tertiary/aromatic N) is 3. The molecule has 23 heavy (non-hydrogen) atoms. The van der Waals surface area contributed by atoms with Crippen LogP contribution in [-0.2, 0) is 0 Å². The normalized spacial score (nSPS) is 17.1. The van der Waals surface area contributed by atoms with Gasteiger partial charge in [-0.2, -0.15) is 0 Å². The second kappa shape index (κ2) is 6.95. The van der Waals surface area contributed by atoms with Gasteiger partial charge in [0.25, 0.3) is 5.91 Å². The predicted molar refractivity (Wildman–Crippen MR) is 87.7 cm³/mol. The molecular weight excluding hydrogens is 362 g/mol. The summed E-state index contributed by atoms with van der Waals surface area (Å²) >= 11 is 3.34. The third-order valence-corrected chi connectivity index (χ3v) is 4.08. The van der Waals surface area contributed by atoms with Gasteiger partial charge in [0, 0.05) is 42.0 Å². The van der Waals surface area contributed by atoms with Crippen molar-refractivity contribution >= 4 is 21.8 Å². The first-order valence-corrected chi connectivity index (χ1v) is 8.02. The van der Waals surface area contributed by atoms with E-state index < -0.39 is 0 Å². The van der Waals surface area contributed by atoms with Gasteiger partial charge >= 0.3 is 0 Å². The van der Waals surface area contributed by atoms with Crippen LogP contribution in [0.4, 0.5) is 0 Å². The van der Waals surface area contributed by atoms with Gasteiger partial charge in [-0.1, -0.05) is 0 Å². The Morgan fingerprint density at radius 2 is 2.00 bits per heavy atom. The van der Waals surface area contributed by atoms with E-state index in [1.54, 1.807) is 30.3 Å². The molecule has 0 N–H and O–H groups in total. The maximum Gasteiger partial charge on any atom is 0.255 e. The number of methoxy groups -OCH3 is 1. The van der Waals surface area contributed by atoms with E-state index in [1.165, 1.54) is 6.20 Å². The average Bonchev–Trinajstić information content (AvgIpc) is 3.05. The van der Waals surface area contributed by atoms with Crippen LogP contribution >= 0.6 is 15.9 Å². The molecule has 0 saturated carbocycles. The molecular formula is C16H16BrN3O3. The molecule has 2 aromatic rings. The Hall–Kier alpha value is -2.15. The number of carbonyl (C=O) groups is 1. The summed E-state index contributed by atoms with van der Waals surface area (Å²) in [5.74, 6) is 1.01. The first kappa shape index (κ1) is 15.7. The molecule has 0 bridgehead atoms. The number of halogens is 1. The third-order valence-electron chi connectivity index (χ3n) is 3.61. The molecule has 0 spiro atoms. The number of amides is 1. The van der Waals surface area contributed by atoms with Gasteiger partial charge in [0.15, 0.2) is 0 Å². The van der Waals surface area contributed by atoms with Crippen LogP contribution in [0.25, 0.3) is 0 Å². The number of carbonyl (C=O) groups excluding carboxylic acids is 1. The Morgan fingerprint density at radius 1 is 1.22 bits per heavy atom. The molecule has 1 atom stereocenters. The quantitative estimate of drug-likeness (QED) is 0.818. The van der Waals surface area contributed by atoms with Crippen molar-refractivity contribution < 1.29 is 14.3 Å². The molecule has 3 heterocycles.